The van der Waals surface area contributed by atoms with Gasteiger partial charge in [0.25, 0.3) is 0 Å². The minimum atomic E-state index is -2.94. The van der Waals surface area contributed by atoms with Gasteiger partial charge in [0.05, 0.1) is 12.4 Å². The Hall–Kier alpha value is -1.76. The summed E-state index contributed by atoms with van der Waals surface area (Å²) in [6.45, 7) is 1.96. The lowest BCUT2D eigenvalue weighted by atomic mass is 10.2. The van der Waals surface area contributed by atoms with Crippen molar-refractivity contribution in [2.45, 2.75) is 13.3 Å². The van der Waals surface area contributed by atoms with Crippen molar-refractivity contribution in [1.82, 2.24) is 0 Å². The van der Waals surface area contributed by atoms with Gasteiger partial charge in [0.15, 0.2) is 5.84 Å². The zero-order valence-electron chi connectivity index (χ0n) is 10.7. The molecular weight excluding hydrogens is 268 g/mol. The van der Waals surface area contributed by atoms with Gasteiger partial charge in [0, 0.05) is 11.3 Å². The third-order valence-electron chi connectivity index (χ3n) is 2.57. The van der Waals surface area contributed by atoms with Crippen LogP contribution in [0.4, 0.5) is 0 Å². The van der Waals surface area contributed by atoms with E-state index in [1.165, 1.54) is 0 Å². The summed E-state index contributed by atoms with van der Waals surface area (Å²) >= 11 is 0. The quantitative estimate of drug-likeness (QED) is 0.256. The molecule has 0 atom stereocenters. The molecule has 0 aliphatic carbocycles. The predicted molar refractivity (Wildman–Crippen MR) is 73.4 cm³/mol. The number of hydrogen-bond donors (Lipinski definition) is 2. The van der Waals surface area contributed by atoms with Gasteiger partial charge >= 0.3 is 0 Å². The van der Waals surface area contributed by atoms with E-state index in [1.807, 2.05) is 0 Å². The first-order valence-corrected chi connectivity index (χ1v) is 7.72. The van der Waals surface area contributed by atoms with Gasteiger partial charge in [-0.3, -0.25) is 0 Å². The maximum atomic E-state index is 11.3. The fourth-order valence-corrected chi connectivity index (χ4v) is 2.24. The number of nitrogens with two attached hydrogens (primary N) is 1. The Bertz CT molecular complexity index is 523. The number of nitrogens with zero attached hydrogens (tertiary/aromatic N) is 1. The van der Waals surface area contributed by atoms with Crippen LogP contribution in [-0.4, -0.2) is 37.6 Å². The highest BCUT2D eigenvalue weighted by atomic mass is 32.2. The van der Waals surface area contributed by atoms with Crippen LogP contribution in [0.3, 0.4) is 0 Å². The number of benzene rings is 1. The molecule has 0 unspecified atom stereocenters. The first-order valence-electron chi connectivity index (χ1n) is 5.89. The first kappa shape index (κ1) is 15.3. The van der Waals surface area contributed by atoms with E-state index < -0.39 is 9.84 Å². The molecule has 0 fully saturated rings. The van der Waals surface area contributed by atoms with Crippen LogP contribution in [0.15, 0.2) is 29.4 Å². The highest BCUT2D eigenvalue weighted by Crippen LogP contribution is 2.12. The molecule has 19 heavy (non-hydrogen) atoms. The van der Waals surface area contributed by atoms with E-state index in [0.29, 0.717) is 24.3 Å². The van der Waals surface area contributed by atoms with E-state index in [1.54, 1.807) is 31.2 Å². The molecule has 0 saturated heterocycles. The lowest BCUT2D eigenvalue weighted by Crippen LogP contribution is -2.13. The summed E-state index contributed by atoms with van der Waals surface area (Å²) in [6, 6.07) is 6.68. The number of sulfone groups is 1. The Balaban J connectivity index is 2.43. The molecule has 0 heterocycles. The predicted octanol–water partition coefficient (Wildman–Crippen LogP) is 0.985. The van der Waals surface area contributed by atoms with Crippen molar-refractivity contribution in [1.29, 1.82) is 0 Å². The molecule has 106 valence electrons. The summed E-state index contributed by atoms with van der Waals surface area (Å²) in [6.07, 6.45) is 0.457. The molecular formula is C12H18N2O4S. The number of oxime groups is 1. The van der Waals surface area contributed by atoms with Crippen molar-refractivity contribution in [3.63, 3.8) is 0 Å². The zero-order chi connectivity index (χ0) is 14.3. The summed E-state index contributed by atoms with van der Waals surface area (Å²) < 4.78 is 27.9. The third-order valence-corrected chi connectivity index (χ3v) is 4.36. The second-order valence-corrected chi connectivity index (χ2v) is 6.42. The van der Waals surface area contributed by atoms with E-state index in [4.69, 9.17) is 15.7 Å². The fraction of sp³-hybridized carbons (Fsp3) is 0.417. The van der Waals surface area contributed by atoms with Crippen LogP contribution in [0.2, 0.25) is 0 Å². The summed E-state index contributed by atoms with van der Waals surface area (Å²) in [5.74, 6) is 0.927. The number of amidine groups is 1. The van der Waals surface area contributed by atoms with Crippen molar-refractivity contribution in [3.05, 3.63) is 29.8 Å². The molecule has 6 nitrogen and oxygen atoms in total. The number of ether oxygens (including phenoxy) is 1. The summed E-state index contributed by atoms with van der Waals surface area (Å²) in [7, 11) is -2.94. The Morgan fingerprint density at radius 1 is 1.37 bits per heavy atom. The smallest absolute Gasteiger partial charge is 0.170 e. The van der Waals surface area contributed by atoms with Gasteiger partial charge in [-0.1, -0.05) is 12.1 Å². The van der Waals surface area contributed by atoms with Crippen LogP contribution in [-0.2, 0) is 9.84 Å². The van der Waals surface area contributed by atoms with Crippen molar-refractivity contribution in [2.24, 2.45) is 10.9 Å². The molecule has 7 heteroatoms. The van der Waals surface area contributed by atoms with Gasteiger partial charge in [-0.15, -0.1) is 0 Å². The minimum absolute atomic E-state index is 0.0283. The molecule has 1 aromatic carbocycles. The lowest BCUT2D eigenvalue weighted by molar-refractivity contribution is 0.317. The highest BCUT2D eigenvalue weighted by Gasteiger charge is 2.06. The zero-order valence-corrected chi connectivity index (χ0v) is 11.6. The SMILES string of the molecule is CCS(=O)(=O)CCCOc1ccc(C(N)=NO)cc1. The molecule has 0 saturated carbocycles. The molecule has 0 aliphatic rings. The normalized spacial score (nSPS) is 12.4. The minimum Gasteiger partial charge on any atom is -0.494 e. The van der Waals surface area contributed by atoms with E-state index >= 15 is 0 Å². The Kier molecular flexibility index (Phi) is 5.62. The molecule has 0 radical (unpaired) electrons. The van der Waals surface area contributed by atoms with Crippen LogP contribution < -0.4 is 10.5 Å². The Labute approximate surface area is 112 Å². The van der Waals surface area contributed by atoms with Gasteiger partial charge in [-0.05, 0) is 30.7 Å². The van der Waals surface area contributed by atoms with Gasteiger partial charge in [-0.2, -0.15) is 0 Å². The molecule has 0 spiro atoms. The van der Waals surface area contributed by atoms with Crippen molar-refractivity contribution in [3.8, 4) is 5.75 Å². The first-order chi connectivity index (χ1) is 8.98. The fourth-order valence-electron chi connectivity index (χ4n) is 1.39. The van der Waals surface area contributed by atoms with Gasteiger partial charge in [0.2, 0.25) is 0 Å². The molecule has 1 rings (SSSR count). The maximum Gasteiger partial charge on any atom is 0.170 e. The van der Waals surface area contributed by atoms with Gasteiger partial charge in [-0.25, -0.2) is 8.42 Å². The highest BCUT2D eigenvalue weighted by molar-refractivity contribution is 7.91. The summed E-state index contributed by atoms with van der Waals surface area (Å²) in [5, 5.41) is 11.4. The lowest BCUT2D eigenvalue weighted by Gasteiger charge is -2.07. The van der Waals surface area contributed by atoms with Crippen LogP contribution >= 0.6 is 0 Å². The maximum absolute atomic E-state index is 11.3. The average Bonchev–Trinajstić information content (AvgIpc) is 2.43. The second kappa shape index (κ2) is 6.98. The largest absolute Gasteiger partial charge is 0.494 e. The van der Waals surface area contributed by atoms with Crippen molar-refractivity contribution >= 4 is 15.7 Å². The molecule has 0 aromatic heterocycles. The molecule has 0 aliphatic heterocycles. The summed E-state index contributed by atoms with van der Waals surface area (Å²) in [4.78, 5) is 0. The number of hydrogen-bond acceptors (Lipinski definition) is 5. The second-order valence-electron chi connectivity index (χ2n) is 3.95. The average molecular weight is 286 g/mol. The van der Waals surface area contributed by atoms with Crippen molar-refractivity contribution in [2.75, 3.05) is 18.1 Å². The third kappa shape index (κ3) is 5.17. The standard InChI is InChI=1S/C12H18N2O4S/c1-2-19(16,17)9-3-8-18-11-6-4-10(5-7-11)12(13)14-15/h4-7,15H,2-3,8-9H2,1H3,(H2,13,14). The summed E-state index contributed by atoms with van der Waals surface area (Å²) in [5.41, 5.74) is 6.01. The van der Waals surface area contributed by atoms with Crippen LogP contribution in [0.25, 0.3) is 0 Å². The molecule has 1 aromatic rings. The van der Waals surface area contributed by atoms with Gasteiger partial charge in [0.1, 0.15) is 15.6 Å². The topological polar surface area (TPSA) is 102 Å². The molecule has 3 N–H and O–H groups in total. The van der Waals surface area contributed by atoms with Crippen LogP contribution in [0.5, 0.6) is 5.75 Å². The Morgan fingerprint density at radius 2 is 2.00 bits per heavy atom. The van der Waals surface area contributed by atoms with E-state index in [9.17, 15) is 8.42 Å². The van der Waals surface area contributed by atoms with Crippen LogP contribution in [0.1, 0.15) is 18.9 Å². The molecule has 0 amide bonds. The van der Waals surface area contributed by atoms with Crippen LogP contribution in [0, 0.1) is 0 Å². The number of rotatable bonds is 7. The van der Waals surface area contributed by atoms with E-state index in [-0.39, 0.29) is 17.3 Å². The van der Waals surface area contributed by atoms with Gasteiger partial charge < -0.3 is 15.7 Å². The monoisotopic (exact) mass is 286 g/mol. The van der Waals surface area contributed by atoms with E-state index in [0.717, 1.165) is 0 Å². The Morgan fingerprint density at radius 3 is 2.53 bits per heavy atom. The van der Waals surface area contributed by atoms with E-state index in [2.05, 4.69) is 5.16 Å². The van der Waals surface area contributed by atoms with Crippen molar-refractivity contribution < 1.29 is 18.4 Å². The molecule has 0 bridgehead atoms.